The first kappa shape index (κ1) is 23.1. The number of benzene rings is 7. The van der Waals surface area contributed by atoms with Gasteiger partial charge in [0.25, 0.3) is 0 Å². The summed E-state index contributed by atoms with van der Waals surface area (Å²) in [4.78, 5) is 0. The third kappa shape index (κ3) is 3.33. The van der Waals surface area contributed by atoms with Crippen molar-refractivity contribution < 1.29 is 0 Å². The van der Waals surface area contributed by atoms with Gasteiger partial charge in [-0.1, -0.05) is 109 Å². The van der Waals surface area contributed by atoms with E-state index >= 15 is 0 Å². The summed E-state index contributed by atoms with van der Waals surface area (Å²) in [6.07, 6.45) is 0. The standard InChI is InChI=1S/C40H26N2/c1-3-11-27(12-4-1)28-19-22-31(23-20-28)41-37-17-9-8-16-33(37)36-26-35-29(25-39(36)41)21-24-34-32-15-7-10-18-38(32)42(40(34)35)30-13-5-2-6-14-30/h1-26H. The highest BCUT2D eigenvalue weighted by molar-refractivity contribution is 6.22. The Morgan fingerprint density at radius 3 is 1.62 bits per heavy atom. The maximum absolute atomic E-state index is 2.43. The SMILES string of the molecule is c1ccc(-c2ccc(-n3c4ccccc4c4cc5c(ccc6c7ccccc7n(-c7ccccc7)c56)cc43)cc2)cc1. The molecule has 0 saturated heterocycles. The summed E-state index contributed by atoms with van der Waals surface area (Å²) in [7, 11) is 0. The Balaban J connectivity index is 1.36. The summed E-state index contributed by atoms with van der Waals surface area (Å²) in [5, 5.41) is 7.59. The molecule has 0 spiro atoms. The lowest BCUT2D eigenvalue weighted by atomic mass is 10.0. The van der Waals surface area contributed by atoms with Crippen LogP contribution in [0.1, 0.15) is 0 Å². The first-order valence-electron chi connectivity index (χ1n) is 14.5. The van der Waals surface area contributed by atoms with Crippen LogP contribution in [0.3, 0.4) is 0 Å². The molecule has 0 aliphatic carbocycles. The third-order valence-corrected chi connectivity index (χ3v) is 8.69. The molecule has 9 rings (SSSR count). The summed E-state index contributed by atoms with van der Waals surface area (Å²) < 4.78 is 4.84. The van der Waals surface area contributed by atoms with E-state index in [4.69, 9.17) is 0 Å². The molecule has 0 unspecified atom stereocenters. The van der Waals surface area contributed by atoms with Crippen LogP contribution in [-0.2, 0) is 0 Å². The predicted molar refractivity (Wildman–Crippen MR) is 178 cm³/mol. The summed E-state index contributed by atoms with van der Waals surface area (Å²) >= 11 is 0. The number of para-hydroxylation sites is 3. The first-order chi connectivity index (χ1) is 20.8. The second kappa shape index (κ2) is 8.95. The lowest BCUT2D eigenvalue weighted by Gasteiger charge is -2.12. The molecular weight excluding hydrogens is 508 g/mol. The molecule has 0 aliphatic rings. The maximum Gasteiger partial charge on any atom is 0.0619 e. The van der Waals surface area contributed by atoms with Crippen LogP contribution in [0.2, 0.25) is 0 Å². The van der Waals surface area contributed by atoms with Gasteiger partial charge in [-0.3, -0.25) is 0 Å². The number of nitrogens with zero attached hydrogens (tertiary/aromatic N) is 2. The Hall–Kier alpha value is -5.60. The minimum absolute atomic E-state index is 1.17. The second-order valence-corrected chi connectivity index (χ2v) is 11.0. The number of hydrogen-bond donors (Lipinski definition) is 0. The molecule has 0 aliphatic heterocycles. The molecule has 2 aromatic heterocycles. The van der Waals surface area contributed by atoms with E-state index in [0.717, 1.165) is 0 Å². The van der Waals surface area contributed by atoms with Crippen LogP contribution in [0.15, 0.2) is 158 Å². The molecule has 0 radical (unpaired) electrons. The topological polar surface area (TPSA) is 9.86 Å². The molecule has 0 bridgehead atoms. The fraction of sp³-hybridized carbons (Fsp3) is 0. The highest BCUT2D eigenvalue weighted by Gasteiger charge is 2.18. The second-order valence-electron chi connectivity index (χ2n) is 11.0. The number of fused-ring (bicyclic) bond motifs is 8. The van der Waals surface area contributed by atoms with Crippen LogP contribution in [-0.4, -0.2) is 9.13 Å². The van der Waals surface area contributed by atoms with Gasteiger partial charge in [0.05, 0.1) is 22.1 Å². The van der Waals surface area contributed by atoms with Crippen molar-refractivity contribution in [2.24, 2.45) is 0 Å². The molecule has 9 aromatic rings. The molecule has 2 heterocycles. The summed E-state index contributed by atoms with van der Waals surface area (Å²) in [6, 6.07) is 57.2. The van der Waals surface area contributed by atoms with Crippen LogP contribution >= 0.6 is 0 Å². The molecule has 42 heavy (non-hydrogen) atoms. The van der Waals surface area contributed by atoms with Crippen LogP contribution in [0, 0.1) is 0 Å². The van der Waals surface area contributed by atoms with E-state index in [-0.39, 0.29) is 0 Å². The Labute approximate surface area is 243 Å². The lowest BCUT2D eigenvalue weighted by Crippen LogP contribution is -1.95. The van der Waals surface area contributed by atoms with E-state index in [2.05, 4.69) is 167 Å². The zero-order valence-electron chi connectivity index (χ0n) is 22.9. The Kier molecular flexibility index (Phi) is 4.93. The monoisotopic (exact) mass is 534 g/mol. The highest BCUT2D eigenvalue weighted by atomic mass is 15.0. The normalized spacial score (nSPS) is 11.8. The van der Waals surface area contributed by atoms with E-state index in [9.17, 15) is 0 Å². The van der Waals surface area contributed by atoms with Gasteiger partial charge in [-0.25, -0.2) is 0 Å². The molecule has 0 amide bonds. The summed E-state index contributed by atoms with van der Waals surface area (Å²) in [5.41, 5.74) is 9.72. The minimum atomic E-state index is 1.17. The van der Waals surface area contributed by atoms with Gasteiger partial charge in [0, 0.05) is 38.3 Å². The highest BCUT2D eigenvalue weighted by Crippen LogP contribution is 2.40. The quantitative estimate of drug-likeness (QED) is 0.213. The van der Waals surface area contributed by atoms with Crippen molar-refractivity contribution in [3.8, 4) is 22.5 Å². The molecule has 2 heteroatoms. The maximum atomic E-state index is 2.43. The smallest absolute Gasteiger partial charge is 0.0619 e. The molecule has 0 N–H and O–H groups in total. The molecular formula is C40H26N2. The van der Waals surface area contributed by atoms with Crippen LogP contribution in [0.4, 0.5) is 0 Å². The zero-order chi connectivity index (χ0) is 27.6. The molecule has 0 saturated carbocycles. The number of rotatable bonds is 3. The third-order valence-electron chi connectivity index (χ3n) is 8.69. The first-order valence-corrected chi connectivity index (χ1v) is 14.5. The van der Waals surface area contributed by atoms with E-state index in [1.54, 1.807) is 0 Å². The van der Waals surface area contributed by atoms with Crippen LogP contribution in [0.25, 0.3) is 76.9 Å². The van der Waals surface area contributed by atoms with Crippen LogP contribution in [0.5, 0.6) is 0 Å². The molecule has 0 fully saturated rings. The number of hydrogen-bond acceptors (Lipinski definition) is 0. The van der Waals surface area contributed by atoms with Crippen molar-refractivity contribution >= 4 is 54.4 Å². The Morgan fingerprint density at radius 1 is 0.310 bits per heavy atom. The molecule has 196 valence electrons. The van der Waals surface area contributed by atoms with Crippen molar-refractivity contribution in [3.63, 3.8) is 0 Å². The lowest BCUT2D eigenvalue weighted by molar-refractivity contribution is 1.18. The van der Waals surface area contributed by atoms with Crippen LogP contribution < -0.4 is 0 Å². The Bertz CT molecular complexity index is 2430. The van der Waals surface area contributed by atoms with Crippen molar-refractivity contribution in [3.05, 3.63) is 158 Å². The number of aromatic nitrogens is 2. The van der Waals surface area contributed by atoms with E-state index in [1.165, 1.54) is 76.9 Å². The van der Waals surface area contributed by atoms with Crippen molar-refractivity contribution in [2.45, 2.75) is 0 Å². The molecule has 0 atom stereocenters. The largest absolute Gasteiger partial charge is 0.309 e. The minimum Gasteiger partial charge on any atom is -0.309 e. The van der Waals surface area contributed by atoms with E-state index < -0.39 is 0 Å². The Morgan fingerprint density at radius 2 is 0.881 bits per heavy atom. The average Bonchev–Trinajstić information content (AvgIpc) is 3.57. The molecule has 2 nitrogen and oxygen atoms in total. The van der Waals surface area contributed by atoms with Gasteiger partial charge in [-0.05, 0) is 65.0 Å². The van der Waals surface area contributed by atoms with Crippen molar-refractivity contribution in [2.75, 3.05) is 0 Å². The van der Waals surface area contributed by atoms with Gasteiger partial charge in [0.2, 0.25) is 0 Å². The predicted octanol–water partition coefficient (Wildman–Crippen LogP) is 10.7. The van der Waals surface area contributed by atoms with Gasteiger partial charge in [0.1, 0.15) is 0 Å². The van der Waals surface area contributed by atoms with E-state index in [1.807, 2.05) is 0 Å². The zero-order valence-corrected chi connectivity index (χ0v) is 22.9. The van der Waals surface area contributed by atoms with Gasteiger partial charge >= 0.3 is 0 Å². The summed E-state index contributed by atoms with van der Waals surface area (Å²) in [6.45, 7) is 0. The summed E-state index contributed by atoms with van der Waals surface area (Å²) in [5.74, 6) is 0. The average molecular weight is 535 g/mol. The van der Waals surface area contributed by atoms with Gasteiger partial charge in [-0.2, -0.15) is 0 Å². The van der Waals surface area contributed by atoms with Crippen molar-refractivity contribution in [1.29, 1.82) is 0 Å². The molecule has 7 aromatic carbocycles. The fourth-order valence-electron chi connectivity index (χ4n) is 6.80. The van der Waals surface area contributed by atoms with Gasteiger partial charge in [-0.15, -0.1) is 0 Å². The van der Waals surface area contributed by atoms with Gasteiger partial charge < -0.3 is 9.13 Å². The fourth-order valence-corrected chi connectivity index (χ4v) is 6.80. The van der Waals surface area contributed by atoms with Gasteiger partial charge in [0.15, 0.2) is 0 Å². The van der Waals surface area contributed by atoms with Crippen molar-refractivity contribution in [1.82, 2.24) is 9.13 Å². The van der Waals surface area contributed by atoms with E-state index in [0.29, 0.717) is 0 Å².